The number of guanidine groups is 1. The largest absolute Gasteiger partial charge is 0.453 e. The number of nitrogens with one attached hydrogen (secondary N) is 3. The van der Waals surface area contributed by atoms with Gasteiger partial charge in [-0.1, -0.05) is 12.1 Å². The van der Waals surface area contributed by atoms with E-state index < -0.39 is 18.7 Å². The number of ether oxygens (including phenoxy) is 1. The van der Waals surface area contributed by atoms with Crippen molar-refractivity contribution in [3.63, 3.8) is 0 Å². The first-order chi connectivity index (χ1) is 10.8. The summed E-state index contributed by atoms with van der Waals surface area (Å²) in [4.78, 5) is 14.9. The van der Waals surface area contributed by atoms with Gasteiger partial charge in [0, 0.05) is 25.8 Å². The van der Waals surface area contributed by atoms with E-state index in [9.17, 15) is 18.0 Å². The van der Waals surface area contributed by atoms with Crippen molar-refractivity contribution in [2.75, 3.05) is 26.0 Å². The SMILES string of the molecule is CN=C(NCCC(F)(F)F)NCc1ccc(NC(=O)OC)cc1. The normalized spacial score (nSPS) is 11.8. The minimum absolute atomic E-state index is 0.245. The Balaban J connectivity index is 2.42. The van der Waals surface area contributed by atoms with Crippen LogP contribution in [-0.4, -0.2) is 38.9 Å². The molecule has 0 aromatic heterocycles. The Labute approximate surface area is 132 Å². The molecule has 0 aliphatic rings. The maximum absolute atomic E-state index is 12.1. The molecule has 0 heterocycles. The molecule has 3 N–H and O–H groups in total. The molecule has 0 unspecified atom stereocenters. The topological polar surface area (TPSA) is 74.8 Å². The molecule has 0 saturated heterocycles. The Kier molecular flexibility index (Phi) is 7.17. The monoisotopic (exact) mass is 332 g/mol. The van der Waals surface area contributed by atoms with E-state index in [2.05, 4.69) is 25.7 Å². The fourth-order valence-electron chi connectivity index (χ4n) is 1.60. The van der Waals surface area contributed by atoms with E-state index in [1.807, 2.05) is 0 Å². The molecule has 0 aliphatic heterocycles. The number of benzene rings is 1. The van der Waals surface area contributed by atoms with Crippen LogP contribution in [-0.2, 0) is 11.3 Å². The number of alkyl halides is 3. The second-order valence-corrected chi connectivity index (χ2v) is 4.53. The van der Waals surface area contributed by atoms with Crippen LogP contribution < -0.4 is 16.0 Å². The lowest BCUT2D eigenvalue weighted by atomic mass is 10.2. The molecule has 9 heteroatoms. The lowest BCUT2D eigenvalue weighted by Gasteiger charge is -2.13. The lowest BCUT2D eigenvalue weighted by Crippen LogP contribution is -2.38. The number of amides is 1. The summed E-state index contributed by atoms with van der Waals surface area (Å²) in [6.45, 7) is 0.134. The smallest absolute Gasteiger partial charge is 0.411 e. The number of hydrogen-bond acceptors (Lipinski definition) is 3. The van der Waals surface area contributed by atoms with Gasteiger partial charge >= 0.3 is 12.3 Å². The molecule has 0 saturated carbocycles. The van der Waals surface area contributed by atoms with E-state index in [1.165, 1.54) is 14.2 Å². The van der Waals surface area contributed by atoms with Gasteiger partial charge in [0.2, 0.25) is 0 Å². The van der Waals surface area contributed by atoms with E-state index in [4.69, 9.17) is 0 Å². The van der Waals surface area contributed by atoms with Gasteiger partial charge in [0.15, 0.2) is 5.96 Å². The first-order valence-electron chi connectivity index (χ1n) is 6.79. The van der Waals surface area contributed by atoms with Gasteiger partial charge in [0.05, 0.1) is 13.5 Å². The van der Waals surface area contributed by atoms with Crippen LogP contribution in [0.1, 0.15) is 12.0 Å². The molecule has 1 rings (SSSR count). The third kappa shape index (κ3) is 7.93. The summed E-state index contributed by atoms with van der Waals surface area (Å²) in [6, 6.07) is 6.91. The molecule has 1 amide bonds. The highest BCUT2D eigenvalue weighted by Gasteiger charge is 2.26. The number of carbonyl (C=O) groups excluding carboxylic acids is 1. The maximum atomic E-state index is 12.1. The van der Waals surface area contributed by atoms with E-state index >= 15 is 0 Å². The van der Waals surface area contributed by atoms with Gasteiger partial charge < -0.3 is 15.4 Å². The van der Waals surface area contributed by atoms with Crippen molar-refractivity contribution in [3.8, 4) is 0 Å². The van der Waals surface area contributed by atoms with Crippen LogP contribution in [0.4, 0.5) is 23.7 Å². The van der Waals surface area contributed by atoms with Crippen molar-refractivity contribution in [1.29, 1.82) is 0 Å². The Bertz CT molecular complexity index is 530. The van der Waals surface area contributed by atoms with Gasteiger partial charge in [0.25, 0.3) is 0 Å². The van der Waals surface area contributed by atoms with E-state index in [1.54, 1.807) is 24.3 Å². The number of aliphatic imine (C=N–C) groups is 1. The molecular formula is C14H19F3N4O2. The molecule has 0 bridgehead atoms. The van der Waals surface area contributed by atoms with Crippen LogP contribution in [0, 0.1) is 0 Å². The summed E-state index contributed by atoms with van der Waals surface area (Å²) in [5, 5.41) is 8.00. The minimum atomic E-state index is -4.20. The fourth-order valence-corrected chi connectivity index (χ4v) is 1.60. The quantitative estimate of drug-likeness (QED) is 0.572. The molecule has 0 radical (unpaired) electrons. The van der Waals surface area contributed by atoms with Gasteiger partial charge in [-0.3, -0.25) is 10.3 Å². The van der Waals surface area contributed by atoms with Crippen LogP contribution in [0.15, 0.2) is 29.3 Å². The van der Waals surface area contributed by atoms with Crippen molar-refractivity contribution in [3.05, 3.63) is 29.8 Å². The van der Waals surface area contributed by atoms with Crippen LogP contribution in [0.2, 0.25) is 0 Å². The molecule has 6 nitrogen and oxygen atoms in total. The zero-order valence-electron chi connectivity index (χ0n) is 12.8. The standard InChI is InChI=1S/C14H19F3N4O2/c1-18-12(19-8-7-14(15,16)17)20-9-10-3-5-11(6-4-10)21-13(22)23-2/h3-6H,7-9H2,1-2H3,(H,21,22)(H2,18,19,20). The molecular weight excluding hydrogens is 313 g/mol. The Morgan fingerprint density at radius 1 is 1.22 bits per heavy atom. The molecule has 0 aliphatic carbocycles. The van der Waals surface area contributed by atoms with Gasteiger partial charge in [-0.2, -0.15) is 13.2 Å². The Morgan fingerprint density at radius 3 is 2.39 bits per heavy atom. The summed E-state index contributed by atoms with van der Waals surface area (Å²) in [7, 11) is 2.75. The highest BCUT2D eigenvalue weighted by Crippen LogP contribution is 2.18. The second kappa shape index (κ2) is 8.86. The molecule has 1 aromatic rings. The highest BCUT2D eigenvalue weighted by molar-refractivity contribution is 5.84. The molecule has 0 spiro atoms. The molecule has 0 fully saturated rings. The maximum Gasteiger partial charge on any atom is 0.411 e. The number of carbonyl (C=O) groups is 1. The van der Waals surface area contributed by atoms with Gasteiger partial charge in [-0.15, -0.1) is 0 Å². The molecule has 1 aromatic carbocycles. The predicted molar refractivity (Wildman–Crippen MR) is 81.3 cm³/mol. The van der Waals surface area contributed by atoms with Crippen molar-refractivity contribution in [2.45, 2.75) is 19.1 Å². The molecule has 128 valence electrons. The van der Waals surface area contributed by atoms with E-state index in [-0.39, 0.29) is 12.5 Å². The van der Waals surface area contributed by atoms with Gasteiger partial charge in [-0.05, 0) is 17.7 Å². The Hall–Kier alpha value is -2.45. The number of rotatable bonds is 5. The van der Waals surface area contributed by atoms with Crippen LogP contribution in [0.3, 0.4) is 0 Å². The summed E-state index contributed by atoms with van der Waals surface area (Å²) in [5.74, 6) is 0.283. The van der Waals surface area contributed by atoms with Crippen molar-refractivity contribution >= 4 is 17.7 Å². The van der Waals surface area contributed by atoms with E-state index in [0.29, 0.717) is 12.2 Å². The van der Waals surface area contributed by atoms with E-state index in [0.717, 1.165) is 5.56 Å². The average molecular weight is 332 g/mol. The van der Waals surface area contributed by atoms with Crippen LogP contribution in [0.5, 0.6) is 0 Å². The first kappa shape index (κ1) is 18.6. The average Bonchev–Trinajstić information content (AvgIpc) is 2.50. The summed E-state index contributed by atoms with van der Waals surface area (Å²) < 4.78 is 40.7. The minimum Gasteiger partial charge on any atom is -0.453 e. The summed E-state index contributed by atoms with van der Waals surface area (Å²) in [5.41, 5.74) is 1.45. The predicted octanol–water partition coefficient (Wildman–Crippen LogP) is 2.48. The van der Waals surface area contributed by atoms with Crippen LogP contribution in [0.25, 0.3) is 0 Å². The lowest BCUT2D eigenvalue weighted by molar-refractivity contribution is -0.132. The van der Waals surface area contributed by atoms with Crippen molar-refractivity contribution < 1.29 is 22.7 Å². The fraction of sp³-hybridized carbons (Fsp3) is 0.429. The van der Waals surface area contributed by atoms with Crippen LogP contribution >= 0.6 is 0 Å². The first-order valence-corrected chi connectivity index (χ1v) is 6.79. The van der Waals surface area contributed by atoms with Gasteiger partial charge in [0.1, 0.15) is 0 Å². The zero-order valence-corrected chi connectivity index (χ0v) is 12.8. The molecule has 0 atom stereocenters. The number of methoxy groups -OCH3 is 1. The highest BCUT2D eigenvalue weighted by atomic mass is 19.4. The summed E-state index contributed by atoms with van der Waals surface area (Å²) in [6.07, 6.45) is -5.69. The number of nitrogens with zero attached hydrogens (tertiary/aromatic N) is 1. The number of halogens is 3. The van der Waals surface area contributed by atoms with Gasteiger partial charge in [-0.25, -0.2) is 4.79 Å². The number of hydrogen-bond donors (Lipinski definition) is 3. The zero-order chi connectivity index (χ0) is 17.3. The second-order valence-electron chi connectivity index (χ2n) is 4.53. The Morgan fingerprint density at radius 2 is 1.87 bits per heavy atom. The molecule has 23 heavy (non-hydrogen) atoms. The number of anilines is 1. The third-order valence-electron chi connectivity index (χ3n) is 2.77. The third-order valence-corrected chi connectivity index (χ3v) is 2.77. The summed E-state index contributed by atoms with van der Waals surface area (Å²) >= 11 is 0. The van der Waals surface area contributed by atoms with Crippen molar-refractivity contribution in [1.82, 2.24) is 10.6 Å². The van der Waals surface area contributed by atoms with Crippen molar-refractivity contribution in [2.24, 2.45) is 4.99 Å².